The molecule has 0 N–H and O–H groups in total. The molecule has 0 spiro atoms. The van der Waals surface area contributed by atoms with Gasteiger partial charge in [-0.25, -0.2) is 0 Å². The van der Waals surface area contributed by atoms with Crippen molar-refractivity contribution in [3.8, 4) is 5.75 Å². The highest BCUT2D eigenvalue weighted by Gasteiger charge is 2.03. The number of benzene rings is 3. The molecule has 0 aliphatic carbocycles. The first kappa shape index (κ1) is 15.6. The van der Waals surface area contributed by atoms with Gasteiger partial charge in [0.2, 0.25) is 0 Å². The molecule has 0 amide bonds. The molecule has 3 aromatic rings. The maximum atomic E-state index is 5.29. The fourth-order valence-electron chi connectivity index (χ4n) is 2.88. The van der Waals surface area contributed by atoms with Gasteiger partial charge >= 0.3 is 0 Å². The lowest BCUT2D eigenvalue weighted by Gasteiger charge is -2.17. The molecular weight excluding hydrogens is 282 g/mol. The van der Waals surface area contributed by atoms with E-state index in [4.69, 9.17) is 4.74 Å². The lowest BCUT2D eigenvalue weighted by molar-refractivity contribution is 0.330. The van der Waals surface area contributed by atoms with Crippen LogP contribution in [0, 0.1) is 0 Å². The zero-order chi connectivity index (χ0) is 16.1. The molecule has 3 aromatic carbocycles. The summed E-state index contributed by atoms with van der Waals surface area (Å²) in [5, 5.41) is 2.63. The van der Waals surface area contributed by atoms with E-state index in [1.807, 2.05) is 12.1 Å². The molecule has 0 atom stereocenters. The highest BCUT2D eigenvalue weighted by molar-refractivity contribution is 5.82. The van der Waals surface area contributed by atoms with Crippen LogP contribution in [0.25, 0.3) is 10.8 Å². The first-order valence-corrected chi connectivity index (χ1v) is 8.04. The first-order chi connectivity index (χ1) is 11.2. The fourth-order valence-corrected chi connectivity index (χ4v) is 2.88. The van der Waals surface area contributed by atoms with Crippen molar-refractivity contribution in [3.63, 3.8) is 0 Å². The third-order valence-corrected chi connectivity index (χ3v) is 4.18. The van der Waals surface area contributed by atoms with Gasteiger partial charge in [0, 0.05) is 13.1 Å². The van der Waals surface area contributed by atoms with E-state index in [1.54, 1.807) is 7.11 Å². The van der Waals surface area contributed by atoms with Crippen LogP contribution in [0.4, 0.5) is 0 Å². The Morgan fingerprint density at radius 2 is 1.65 bits per heavy atom. The van der Waals surface area contributed by atoms with Gasteiger partial charge in [-0.15, -0.1) is 0 Å². The molecule has 3 rings (SSSR count). The smallest absolute Gasteiger partial charge is 0.119 e. The van der Waals surface area contributed by atoms with Crippen LogP contribution in [0.2, 0.25) is 0 Å². The average molecular weight is 305 g/mol. The zero-order valence-corrected chi connectivity index (χ0v) is 13.8. The molecule has 0 aliphatic rings. The Kier molecular flexibility index (Phi) is 4.94. The predicted molar refractivity (Wildman–Crippen MR) is 97.0 cm³/mol. The van der Waals surface area contributed by atoms with Gasteiger partial charge in [-0.05, 0) is 47.5 Å². The molecule has 0 fully saturated rings. The standard InChI is InChI=1S/C21H23NO/c1-22(16-18-6-5-9-21(15-18)23-2)13-12-17-10-11-19-7-3-4-8-20(19)14-17/h3-11,14-15H,12-13,16H2,1-2H3. The highest BCUT2D eigenvalue weighted by Crippen LogP contribution is 2.17. The lowest BCUT2D eigenvalue weighted by atomic mass is 10.0. The van der Waals surface area contributed by atoms with Crippen LogP contribution >= 0.6 is 0 Å². The molecule has 0 unspecified atom stereocenters. The van der Waals surface area contributed by atoms with Crippen LogP contribution in [0.15, 0.2) is 66.7 Å². The fraction of sp³-hybridized carbons (Fsp3) is 0.238. The van der Waals surface area contributed by atoms with E-state index in [1.165, 1.54) is 21.9 Å². The summed E-state index contributed by atoms with van der Waals surface area (Å²) in [6.45, 7) is 1.97. The van der Waals surface area contributed by atoms with Gasteiger partial charge in [0.05, 0.1) is 7.11 Å². The third kappa shape index (κ3) is 4.11. The molecule has 2 heteroatoms. The second kappa shape index (κ2) is 7.30. The number of hydrogen-bond donors (Lipinski definition) is 0. The van der Waals surface area contributed by atoms with Crippen molar-refractivity contribution < 1.29 is 4.74 Å². The van der Waals surface area contributed by atoms with E-state index >= 15 is 0 Å². The summed E-state index contributed by atoms with van der Waals surface area (Å²) >= 11 is 0. The van der Waals surface area contributed by atoms with E-state index in [2.05, 4.69) is 66.5 Å². The van der Waals surface area contributed by atoms with Crippen LogP contribution in [0.1, 0.15) is 11.1 Å². The van der Waals surface area contributed by atoms with E-state index in [9.17, 15) is 0 Å². The van der Waals surface area contributed by atoms with Crippen molar-refractivity contribution in [2.24, 2.45) is 0 Å². The Morgan fingerprint density at radius 1 is 0.826 bits per heavy atom. The topological polar surface area (TPSA) is 12.5 Å². The van der Waals surface area contributed by atoms with Crippen LogP contribution in [0.3, 0.4) is 0 Å². The van der Waals surface area contributed by atoms with Gasteiger partial charge in [0.25, 0.3) is 0 Å². The van der Waals surface area contributed by atoms with Crippen LogP contribution in [-0.4, -0.2) is 25.6 Å². The third-order valence-electron chi connectivity index (χ3n) is 4.18. The number of rotatable bonds is 6. The van der Waals surface area contributed by atoms with Crippen molar-refractivity contribution in [3.05, 3.63) is 77.9 Å². The quantitative estimate of drug-likeness (QED) is 0.664. The molecule has 0 aromatic heterocycles. The largest absolute Gasteiger partial charge is 0.497 e. The van der Waals surface area contributed by atoms with E-state index in [0.717, 1.165) is 25.3 Å². The van der Waals surface area contributed by atoms with Crippen LogP contribution < -0.4 is 4.74 Å². The average Bonchev–Trinajstić information content (AvgIpc) is 2.60. The lowest BCUT2D eigenvalue weighted by Crippen LogP contribution is -2.20. The summed E-state index contributed by atoms with van der Waals surface area (Å²) < 4.78 is 5.29. The number of fused-ring (bicyclic) bond motifs is 1. The van der Waals surface area contributed by atoms with Crippen LogP contribution in [0.5, 0.6) is 5.75 Å². The molecule has 0 heterocycles. The first-order valence-electron chi connectivity index (χ1n) is 8.04. The Morgan fingerprint density at radius 3 is 2.48 bits per heavy atom. The van der Waals surface area contributed by atoms with Crippen LogP contribution in [-0.2, 0) is 13.0 Å². The SMILES string of the molecule is COc1cccc(CN(C)CCc2ccc3ccccc3c2)c1. The minimum absolute atomic E-state index is 0.922. The van der Waals surface area contributed by atoms with Crippen molar-refractivity contribution in [1.82, 2.24) is 4.90 Å². The minimum Gasteiger partial charge on any atom is -0.497 e. The molecule has 23 heavy (non-hydrogen) atoms. The molecule has 2 nitrogen and oxygen atoms in total. The van der Waals surface area contributed by atoms with E-state index < -0.39 is 0 Å². The Bertz CT molecular complexity index is 781. The number of hydrogen-bond acceptors (Lipinski definition) is 2. The van der Waals surface area contributed by atoms with Crippen molar-refractivity contribution in [1.29, 1.82) is 0 Å². The van der Waals surface area contributed by atoms with Gasteiger partial charge in [0.15, 0.2) is 0 Å². The van der Waals surface area contributed by atoms with Gasteiger partial charge in [-0.1, -0.05) is 54.6 Å². The van der Waals surface area contributed by atoms with Crippen molar-refractivity contribution in [2.75, 3.05) is 20.7 Å². The number of nitrogens with zero attached hydrogens (tertiary/aromatic N) is 1. The Labute approximate surface area is 138 Å². The second-order valence-corrected chi connectivity index (χ2v) is 6.02. The van der Waals surface area contributed by atoms with Gasteiger partial charge < -0.3 is 9.64 Å². The number of ether oxygens (including phenoxy) is 1. The minimum atomic E-state index is 0.922. The summed E-state index contributed by atoms with van der Waals surface area (Å²) in [5.74, 6) is 0.922. The van der Waals surface area contributed by atoms with Gasteiger partial charge in [-0.2, -0.15) is 0 Å². The predicted octanol–water partition coefficient (Wildman–Crippen LogP) is 4.52. The summed E-state index contributed by atoms with van der Waals surface area (Å²) in [5.41, 5.74) is 2.67. The molecule has 118 valence electrons. The molecule has 0 aliphatic heterocycles. The van der Waals surface area contributed by atoms with Gasteiger partial charge in [-0.3, -0.25) is 0 Å². The Hall–Kier alpha value is -2.32. The van der Waals surface area contributed by atoms with Gasteiger partial charge in [0.1, 0.15) is 5.75 Å². The van der Waals surface area contributed by atoms with Crippen molar-refractivity contribution in [2.45, 2.75) is 13.0 Å². The maximum Gasteiger partial charge on any atom is 0.119 e. The summed E-state index contributed by atoms with van der Waals surface area (Å²) in [7, 11) is 3.88. The molecule has 0 radical (unpaired) electrons. The second-order valence-electron chi connectivity index (χ2n) is 6.02. The van der Waals surface area contributed by atoms with Crippen molar-refractivity contribution >= 4 is 10.8 Å². The van der Waals surface area contributed by atoms with E-state index in [-0.39, 0.29) is 0 Å². The molecule has 0 saturated carbocycles. The summed E-state index contributed by atoms with van der Waals surface area (Å²) in [6.07, 6.45) is 1.06. The molecule has 0 bridgehead atoms. The number of methoxy groups -OCH3 is 1. The summed E-state index contributed by atoms with van der Waals surface area (Å²) in [4.78, 5) is 2.35. The molecule has 0 saturated heterocycles. The maximum absolute atomic E-state index is 5.29. The monoisotopic (exact) mass is 305 g/mol. The summed E-state index contributed by atoms with van der Waals surface area (Å²) in [6, 6.07) is 23.6. The number of likely N-dealkylation sites (N-methyl/N-ethyl adjacent to an activating group) is 1. The van der Waals surface area contributed by atoms with E-state index in [0.29, 0.717) is 0 Å². The zero-order valence-electron chi connectivity index (χ0n) is 13.8. The highest BCUT2D eigenvalue weighted by atomic mass is 16.5. The Balaban J connectivity index is 1.60. The molecular formula is C21H23NO. The normalized spacial score (nSPS) is 11.1.